The van der Waals surface area contributed by atoms with E-state index in [-0.39, 0.29) is 10.1 Å². The molecular formula is C12H15ClN2O2S2. The lowest BCUT2D eigenvalue weighted by Gasteiger charge is -2.25. The highest BCUT2D eigenvalue weighted by atomic mass is 35.5. The van der Waals surface area contributed by atoms with Crippen molar-refractivity contribution in [1.29, 1.82) is 5.26 Å². The first-order valence-corrected chi connectivity index (χ1v) is 8.88. The van der Waals surface area contributed by atoms with Crippen LogP contribution >= 0.6 is 22.9 Å². The first kappa shape index (κ1) is 14.8. The summed E-state index contributed by atoms with van der Waals surface area (Å²) in [7, 11) is -3.64. The van der Waals surface area contributed by atoms with Crippen molar-refractivity contribution < 1.29 is 8.42 Å². The molecule has 0 radical (unpaired) electrons. The number of hydrogen-bond donors (Lipinski definition) is 1. The molecule has 4 nitrogen and oxygen atoms in total. The fourth-order valence-corrected chi connectivity index (χ4v) is 5.07. The van der Waals surface area contributed by atoms with Gasteiger partial charge in [0.2, 0.25) is 0 Å². The fraction of sp³-hybridized carbons (Fsp3) is 0.583. The minimum Gasteiger partial charge on any atom is -0.206 e. The summed E-state index contributed by atoms with van der Waals surface area (Å²) in [4.78, 5) is 0. The molecule has 1 atom stereocenters. The molecule has 2 rings (SSSR count). The van der Waals surface area contributed by atoms with Crippen LogP contribution in [-0.4, -0.2) is 14.5 Å². The van der Waals surface area contributed by atoms with Gasteiger partial charge in [-0.25, -0.2) is 8.42 Å². The van der Waals surface area contributed by atoms with E-state index >= 15 is 0 Å². The Bertz CT molecular complexity index is 571. The Morgan fingerprint density at radius 2 is 2.05 bits per heavy atom. The van der Waals surface area contributed by atoms with Crippen molar-refractivity contribution in [3.8, 4) is 6.07 Å². The predicted octanol–water partition coefficient (Wildman–Crippen LogP) is 3.15. The largest absolute Gasteiger partial charge is 0.251 e. The highest BCUT2D eigenvalue weighted by molar-refractivity contribution is 7.91. The van der Waals surface area contributed by atoms with Crippen molar-refractivity contribution in [3.05, 3.63) is 16.5 Å². The van der Waals surface area contributed by atoms with Gasteiger partial charge in [-0.05, 0) is 30.9 Å². The van der Waals surface area contributed by atoms with Crippen molar-refractivity contribution in [2.45, 2.75) is 42.4 Å². The summed E-state index contributed by atoms with van der Waals surface area (Å²) in [6.45, 7) is 0. The molecule has 1 fully saturated rings. The molecule has 0 spiro atoms. The normalized spacial score (nSPS) is 18.9. The second-order valence-corrected chi connectivity index (χ2v) is 8.34. The molecule has 1 aromatic rings. The van der Waals surface area contributed by atoms with Gasteiger partial charge < -0.3 is 0 Å². The van der Waals surface area contributed by atoms with Crippen LogP contribution in [0, 0.1) is 17.2 Å². The van der Waals surface area contributed by atoms with Crippen LogP contribution in [0.3, 0.4) is 0 Å². The molecule has 1 N–H and O–H groups in total. The minimum atomic E-state index is -3.64. The van der Waals surface area contributed by atoms with Gasteiger partial charge in [-0.2, -0.15) is 9.98 Å². The van der Waals surface area contributed by atoms with Gasteiger partial charge in [0.15, 0.2) is 0 Å². The average Bonchev–Trinajstić information content (AvgIpc) is 2.85. The average molecular weight is 319 g/mol. The lowest BCUT2D eigenvalue weighted by molar-refractivity contribution is 0.324. The summed E-state index contributed by atoms with van der Waals surface area (Å²) in [6, 6.07) is 4.45. The Balaban J connectivity index is 2.11. The molecule has 7 heteroatoms. The van der Waals surface area contributed by atoms with Crippen molar-refractivity contribution in [3.63, 3.8) is 0 Å². The van der Waals surface area contributed by atoms with Crippen LogP contribution in [0.25, 0.3) is 0 Å². The first-order valence-electron chi connectivity index (χ1n) is 6.20. The molecule has 0 bridgehead atoms. The van der Waals surface area contributed by atoms with Gasteiger partial charge >= 0.3 is 0 Å². The monoisotopic (exact) mass is 318 g/mol. The number of thiophene rings is 1. The van der Waals surface area contributed by atoms with E-state index in [9.17, 15) is 13.7 Å². The zero-order valence-corrected chi connectivity index (χ0v) is 12.7. The van der Waals surface area contributed by atoms with E-state index in [1.165, 1.54) is 12.5 Å². The maximum absolute atomic E-state index is 12.1. The third kappa shape index (κ3) is 3.69. The predicted molar refractivity (Wildman–Crippen MR) is 75.6 cm³/mol. The molecule has 104 valence electrons. The molecule has 0 aromatic carbocycles. The topological polar surface area (TPSA) is 70.0 Å². The molecule has 1 aromatic heterocycles. The fourth-order valence-electron chi connectivity index (χ4n) is 2.36. The molecule has 0 aliphatic heterocycles. The van der Waals surface area contributed by atoms with Crippen LogP contribution in [-0.2, 0) is 10.0 Å². The van der Waals surface area contributed by atoms with Gasteiger partial charge in [0.1, 0.15) is 10.3 Å². The standard InChI is InChI=1S/C12H15ClN2O2S2/c13-11-6-7-12(18-11)19(16,17)15-10(8-14)9-4-2-1-3-5-9/h6-7,9-10,15H,1-5H2. The molecule has 1 unspecified atom stereocenters. The van der Waals surface area contributed by atoms with Crippen LogP contribution in [0.1, 0.15) is 32.1 Å². The molecule has 1 aliphatic rings. The second kappa shape index (κ2) is 6.23. The van der Waals surface area contributed by atoms with Gasteiger partial charge in [-0.15, -0.1) is 11.3 Å². The summed E-state index contributed by atoms with van der Waals surface area (Å²) in [6.07, 6.45) is 5.12. The van der Waals surface area contributed by atoms with Crippen LogP contribution < -0.4 is 4.72 Å². The number of nitrogens with zero attached hydrogens (tertiary/aromatic N) is 1. The van der Waals surface area contributed by atoms with Gasteiger partial charge in [-0.1, -0.05) is 30.9 Å². The van der Waals surface area contributed by atoms with Crippen LogP contribution in [0.15, 0.2) is 16.3 Å². The number of halogens is 1. The lowest BCUT2D eigenvalue weighted by Crippen LogP contribution is -2.39. The summed E-state index contributed by atoms with van der Waals surface area (Å²) in [5.74, 6) is 0.115. The molecule has 1 saturated carbocycles. The molecular weight excluding hydrogens is 304 g/mol. The van der Waals surface area contributed by atoms with E-state index < -0.39 is 16.1 Å². The third-order valence-electron chi connectivity index (χ3n) is 3.36. The van der Waals surface area contributed by atoms with E-state index in [1.54, 1.807) is 6.07 Å². The molecule has 1 aliphatic carbocycles. The molecule has 0 amide bonds. The Kier molecular flexibility index (Phi) is 4.85. The summed E-state index contributed by atoms with van der Waals surface area (Å²) < 4.78 is 27.4. The van der Waals surface area contributed by atoms with Crippen molar-refractivity contribution in [1.82, 2.24) is 4.72 Å². The second-order valence-electron chi connectivity index (χ2n) is 4.68. The maximum atomic E-state index is 12.1. The van der Waals surface area contributed by atoms with Crippen LogP contribution in [0.2, 0.25) is 4.34 Å². The number of nitrogens with one attached hydrogen (secondary N) is 1. The third-order valence-corrected chi connectivity index (χ3v) is 6.52. The summed E-state index contributed by atoms with van der Waals surface area (Å²) >= 11 is 6.75. The summed E-state index contributed by atoms with van der Waals surface area (Å²) in [5, 5.41) is 9.19. The minimum absolute atomic E-state index is 0.115. The van der Waals surface area contributed by atoms with Gasteiger partial charge in [0.25, 0.3) is 10.0 Å². The Morgan fingerprint density at radius 3 is 2.58 bits per heavy atom. The van der Waals surface area contributed by atoms with Crippen molar-refractivity contribution in [2.75, 3.05) is 0 Å². The number of rotatable bonds is 4. The quantitative estimate of drug-likeness (QED) is 0.927. The van der Waals surface area contributed by atoms with Crippen molar-refractivity contribution >= 4 is 33.0 Å². The van der Waals surface area contributed by atoms with Crippen molar-refractivity contribution in [2.24, 2.45) is 5.92 Å². The maximum Gasteiger partial charge on any atom is 0.251 e. The molecule has 1 heterocycles. The number of hydrogen-bond acceptors (Lipinski definition) is 4. The molecule has 0 saturated heterocycles. The Morgan fingerprint density at radius 1 is 1.37 bits per heavy atom. The zero-order valence-electron chi connectivity index (χ0n) is 10.3. The van der Waals surface area contributed by atoms with Crippen LogP contribution in [0.4, 0.5) is 0 Å². The van der Waals surface area contributed by atoms with E-state index in [0.29, 0.717) is 4.34 Å². The van der Waals surface area contributed by atoms with E-state index in [0.717, 1.165) is 37.0 Å². The number of nitriles is 1. The van der Waals surface area contributed by atoms with Crippen LogP contribution in [0.5, 0.6) is 0 Å². The summed E-state index contributed by atoms with van der Waals surface area (Å²) in [5.41, 5.74) is 0. The van der Waals surface area contributed by atoms with Gasteiger partial charge in [0.05, 0.1) is 10.4 Å². The SMILES string of the molecule is N#CC(NS(=O)(=O)c1ccc(Cl)s1)C1CCCCC1. The lowest BCUT2D eigenvalue weighted by atomic mass is 9.85. The number of sulfonamides is 1. The highest BCUT2D eigenvalue weighted by Gasteiger charge is 2.28. The highest BCUT2D eigenvalue weighted by Crippen LogP contribution is 2.29. The van der Waals surface area contributed by atoms with Gasteiger partial charge in [-0.3, -0.25) is 0 Å². The van der Waals surface area contributed by atoms with E-state index in [2.05, 4.69) is 10.8 Å². The van der Waals surface area contributed by atoms with Gasteiger partial charge in [0, 0.05) is 0 Å². The van der Waals surface area contributed by atoms with E-state index in [1.807, 2.05) is 0 Å². The first-order chi connectivity index (χ1) is 9.03. The molecule has 19 heavy (non-hydrogen) atoms. The van der Waals surface area contributed by atoms with E-state index in [4.69, 9.17) is 11.6 Å². The Labute approximate surface area is 122 Å². The Hall–Kier alpha value is -0.610. The zero-order chi connectivity index (χ0) is 13.9. The smallest absolute Gasteiger partial charge is 0.206 e.